The molecule has 10 heteroatoms. The second kappa shape index (κ2) is 10.8. The van der Waals surface area contributed by atoms with E-state index in [1.807, 2.05) is 18.2 Å². The fourth-order valence-corrected chi connectivity index (χ4v) is 3.32. The molecule has 0 aliphatic rings. The Balaban J connectivity index is 1.34. The Kier molecular flexibility index (Phi) is 7.36. The number of nitrogens with zero attached hydrogens (tertiary/aromatic N) is 2. The lowest BCUT2D eigenvalue weighted by Crippen LogP contribution is -2.18. The first-order chi connectivity index (χ1) is 16.5. The summed E-state index contributed by atoms with van der Waals surface area (Å²) in [6, 6.07) is 16.2. The summed E-state index contributed by atoms with van der Waals surface area (Å²) in [5.41, 5.74) is 3.23. The molecule has 0 saturated carbocycles. The highest BCUT2D eigenvalue weighted by Crippen LogP contribution is 2.28. The summed E-state index contributed by atoms with van der Waals surface area (Å²) in [4.78, 5) is 19.9. The Bertz CT molecular complexity index is 1300. The van der Waals surface area contributed by atoms with Crippen molar-refractivity contribution in [3.8, 4) is 11.5 Å². The molecule has 0 atom stereocenters. The predicted octanol–water partition coefficient (Wildman–Crippen LogP) is 5.13. The van der Waals surface area contributed by atoms with Gasteiger partial charge in [-0.25, -0.2) is 19.8 Å². The minimum absolute atomic E-state index is 0.0150. The molecule has 1 aromatic heterocycles. The molecule has 174 valence electrons. The summed E-state index contributed by atoms with van der Waals surface area (Å²) >= 11 is 5.87. The number of hydroxylamine groups is 1. The Labute approximate surface area is 199 Å². The first-order valence-electron chi connectivity index (χ1n) is 10.3. The Morgan fingerprint density at radius 1 is 0.971 bits per heavy atom. The number of fused-ring (bicyclic) bond motifs is 1. The third-order valence-corrected chi connectivity index (χ3v) is 5.12. The van der Waals surface area contributed by atoms with Crippen LogP contribution in [0.5, 0.6) is 11.5 Å². The number of hydrogen-bond acceptors (Lipinski definition) is 7. The molecule has 4 aromatic rings. The third kappa shape index (κ3) is 5.69. The van der Waals surface area contributed by atoms with Crippen LogP contribution in [0, 0.1) is 5.82 Å². The van der Waals surface area contributed by atoms with E-state index in [1.54, 1.807) is 35.8 Å². The number of hydrogen-bond donors (Lipinski definition) is 3. The number of aromatic nitrogens is 2. The highest BCUT2D eigenvalue weighted by molar-refractivity contribution is 6.31. The zero-order chi connectivity index (χ0) is 23.9. The maximum Gasteiger partial charge on any atom is 0.274 e. The molecule has 0 unspecified atom stereocenters. The van der Waals surface area contributed by atoms with Crippen molar-refractivity contribution in [2.45, 2.75) is 6.42 Å². The molecule has 0 spiro atoms. The first kappa shape index (κ1) is 23.2. The van der Waals surface area contributed by atoms with Gasteiger partial charge in [-0.1, -0.05) is 11.6 Å². The third-order valence-electron chi connectivity index (χ3n) is 4.83. The normalized spacial score (nSPS) is 10.7. The summed E-state index contributed by atoms with van der Waals surface area (Å²) < 4.78 is 24.9. The van der Waals surface area contributed by atoms with Crippen LogP contribution in [0.4, 0.5) is 15.9 Å². The first-order valence-corrected chi connectivity index (χ1v) is 10.7. The van der Waals surface area contributed by atoms with Gasteiger partial charge in [-0.15, -0.1) is 0 Å². The lowest BCUT2D eigenvalue weighted by molar-refractivity contribution is 0.0706. The van der Waals surface area contributed by atoms with Crippen LogP contribution in [0.2, 0.25) is 5.02 Å². The van der Waals surface area contributed by atoms with Crippen molar-refractivity contribution in [2.75, 3.05) is 18.5 Å². The summed E-state index contributed by atoms with van der Waals surface area (Å²) in [6.45, 7) is 0.834. The van der Waals surface area contributed by atoms with E-state index in [4.69, 9.17) is 26.3 Å². The molecule has 0 saturated heterocycles. The van der Waals surface area contributed by atoms with Crippen LogP contribution in [0.25, 0.3) is 10.9 Å². The van der Waals surface area contributed by atoms with E-state index in [1.165, 1.54) is 18.5 Å². The van der Waals surface area contributed by atoms with E-state index >= 15 is 0 Å². The number of carbonyl (C=O) groups is 1. The maximum atomic E-state index is 13.4. The van der Waals surface area contributed by atoms with Crippen LogP contribution in [-0.2, 0) is 0 Å². The highest BCUT2D eigenvalue weighted by Gasteiger charge is 2.08. The van der Waals surface area contributed by atoms with E-state index < -0.39 is 11.7 Å². The molecule has 0 fully saturated rings. The van der Waals surface area contributed by atoms with Crippen LogP contribution in [-0.4, -0.2) is 34.3 Å². The van der Waals surface area contributed by atoms with Crippen LogP contribution >= 0.6 is 11.6 Å². The van der Waals surface area contributed by atoms with Gasteiger partial charge in [-0.2, -0.15) is 0 Å². The van der Waals surface area contributed by atoms with Gasteiger partial charge in [-0.3, -0.25) is 10.0 Å². The smallest absolute Gasteiger partial charge is 0.274 e. The highest BCUT2D eigenvalue weighted by atomic mass is 35.5. The van der Waals surface area contributed by atoms with E-state index in [2.05, 4.69) is 15.3 Å². The Hall–Kier alpha value is -3.95. The minimum atomic E-state index is -0.583. The van der Waals surface area contributed by atoms with Crippen molar-refractivity contribution in [3.63, 3.8) is 0 Å². The van der Waals surface area contributed by atoms with E-state index in [0.717, 1.165) is 10.9 Å². The molecular weight excluding hydrogens is 463 g/mol. The van der Waals surface area contributed by atoms with Gasteiger partial charge in [0.25, 0.3) is 5.91 Å². The van der Waals surface area contributed by atoms with Gasteiger partial charge in [0, 0.05) is 23.1 Å². The number of carbonyl (C=O) groups excluding carboxylic acids is 1. The van der Waals surface area contributed by atoms with E-state index in [9.17, 15) is 9.18 Å². The van der Waals surface area contributed by atoms with E-state index in [-0.39, 0.29) is 5.02 Å². The molecule has 1 heterocycles. The maximum absolute atomic E-state index is 13.4. The van der Waals surface area contributed by atoms with Crippen molar-refractivity contribution in [2.24, 2.45) is 0 Å². The molecule has 0 aliphatic carbocycles. The lowest BCUT2D eigenvalue weighted by Gasteiger charge is -2.11. The van der Waals surface area contributed by atoms with E-state index in [0.29, 0.717) is 48.2 Å². The van der Waals surface area contributed by atoms with Gasteiger partial charge in [0.1, 0.15) is 29.5 Å². The minimum Gasteiger partial charge on any atom is -0.493 e. The molecule has 3 aromatic carbocycles. The number of halogens is 2. The second-order valence-electron chi connectivity index (χ2n) is 7.17. The number of amides is 1. The van der Waals surface area contributed by atoms with Crippen molar-refractivity contribution in [1.29, 1.82) is 0 Å². The average Bonchev–Trinajstić information content (AvgIpc) is 2.86. The summed E-state index contributed by atoms with van der Waals surface area (Å²) in [7, 11) is 0. The topological polar surface area (TPSA) is 106 Å². The predicted molar refractivity (Wildman–Crippen MR) is 126 cm³/mol. The zero-order valence-electron chi connectivity index (χ0n) is 17.8. The SMILES string of the molecule is O=C(NO)c1ccc(OCCCOc2ccc3ncnc(Nc4ccc(F)c(Cl)c4)c3c2)cc1. The van der Waals surface area contributed by atoms with Crippen LogP contribution in [0.3, 0.4) is 0 Å². The average molecular weight is 483 g/mol. The Morgan fingerprint density at radius 3 is 2.44 bits per heavy atom. The number of rotatable bonds is 9. The van der Waals surface area contributed by atoms with Gasteiger partial charge >= 0.3 is 0 Å². The summed E-state index contributed by atoms with van der Waals surface area (Å²) in [5.74, 6) is 0.710. The second-order valence-corrected chi connectivity index (χ2v) is 7.58. The van der Waals surface area contributed by atoms with Gasteiger partial charge in [-0.05, 0) is 60.7 Å². The molecule has 1 amide bonds. The van der Waals surface area contributed by atoms with Crippen molar-refractivity contribution >= 4 is 39.9 Å². The zero-order valence-corrected chi connectivity index (χ0v) is 18.6. The molecule has 34 heavy (non-hydrogen) atoms. The number of ether oxygens (including phenoxy) is 2. The largest absolute Gasteiger partial charge is 0.493 e. The fraction of sp³-hybridized carbons (Fsp3) is 0.125. The quantitative estimate of drug-likeness (QED) is 0.172. The standard InChI is InChI=1S/C24H20ClFN4O4/c25-20-12-16(4-8-21(20)26)29-23-19-13-18(7-9-22(19)27-14-28-23)34-11-1-10-33-17-5-2-15(3-6-17)24(31)30-32/h2-9,12-14,32H,1,10-11H2,(H,30,31)(H,27,28,29). The summed E-state index contributed by atoms with van der Waals surface area (Å²) in [5, 5.41) is 12.5. The number of benzene rings is 3. The van der Waals surface area contributed by atoms with Crippen molar-refractivity contribution < 1.29 is 23.9 Å². The molecule has 0 radical (unpaired) electrons. The fourth-order valence-electron chi connectivity index (χ4n) is 3.14. The van der Waals surface area contributed by atoms with Gasteiger partial charge < -0.3 is 14.8 Å². The monoisotopic (exact) mass is 482 g/mol. The van der Waals surface area contributed by atoms with Crippen LogP contribution in [0.1, 0.15) is 16.8 Å². The molecule has 0 aliphatic heterocycles. The molecule has 0 bridgehead atoms. The lowest BCUT2D eigenvalue weighted by atomic mass is 10.2. The van der Waals surface area contributed by atoms with Crippen LogP contribution < -0.4 is 20.3 Å². The van der Waals surface area contributed by atoms with Gasteiger partial charge in [0.15, 0.2) is 0 Å². The van der Waals surface area contributed by atoms with Crippen molar-refractivity contribution in [3.05, 3.63) is 83.4 Å². The molecule has 8 nitrogen and oxygen atoms in total. The molecule has 4 rings (SSSR count). The van der Waals surface area contributed by atoms with Crippen molar-refractivity contribution in [1.82, 2.24) is 15.4 Å². The number of anilines is 2. The van der Waals surface area contributed by atoms with Gasteiger partial charge in [0.05, 0.1) is 23.8 Å². The summed E-state index contributed by atoms with van der Waals surface area (Å²) in [6.07, 6.45) is 2.07. The molecular formula is C24H20ClFN4O4. The van der Waals surface area contributed by atoms with Gasteiger partial charge in [0.2, 0.25) is 0 Å². The number of nitrogens with one attached hydrogen (secondary N) is 2. The molecule has 3 N–H and O–H groups in total. The van der Waals surface area contributed by atoms with Crippen LogP contribution in [0.15, 0.2) is 67.0 Å². The Morgan fingerprint density at radius 2 is 1.71 bits per heavy atom.